The number of unbranched alkanes of at least 4 members (excludes halogenated alkanes) is 1. The molecule has 4 heteroatoms. The zero-order chi connectivity index (χ0) is 11.8. The average Bonchev–Trinajstić information content (AvgIpc) is 2.51. The molecule has 0 fully saturated rings. The smallest absolute Gasteiger partial charge is 1.00 e. The molecule has 0 N–H and O–H groups in total. The number of fused-ring (bicyclic) bond motifs is 1. The summed E-state index contributed by atoms with van der Waals surface area (Å²) in [7, 11) is 9.09. The zero-order valence-electron chi connectivity index (χ0n) is 10.6. The van der Waals surface area contributed by atoms with E-state index in [2.05, 4.69) is 48.7 Å². The minimum absolute atomic E-state index is 0. The van der Waals surface area contributed by atoms with E-state index in [0.29, 0.717) is 6.10 Å². The van der Waals surface area contributed by atoms with Gasteiger partial charge in [0, 0.05) is 0 Å². The summed E-state index contributed by atoms with van der Waals surface area (Å²) in [5.74, 6) is 0. The van der Waals surface area contributed by atoms with Crippen LogP contribution in [-0.2, 0) is 3.45 Å². The molecular formula is C13H20Cl2OSe. The van der Waals surface area contributed by atoms with Gasteiger partial charge < -0.3 is 12.4 Å². The quantitative estimate of drug-likeness (QED) is 0.560. The van der Waals surface area contributed by atoms with Crippen LogP contribution in [0.15, 0.2) is 24.3 Å². The number of hydrogen-bond donors (Lipinski definition) is 0. The van der Waals surface area contributed by atoms with E-state index < -0.39 is 12.3 Å². The van der Waals surface area contributed by atoms with Crippen molar-refractivity contribution in [2.45, 2.75) is 38.1 Å². The molecule has 0 aliphatic carbocycles. The SMILES string of the molecule is CCCC[Se]1(Cl)c2ccccc2[C@H](C)[O+]1C.[Cl-]. The second-order valence-corrected chi connectivity index (χ2v) is 12.3. The van der Waals surface area contributed by atoms with Crippen LogP contribution in [0.2, 0.25) is 5.32 Å². The maximum atomic E-state index is 6.97. The van der Waals surface area contributed by atoms with E-state index in [1.807, 2.05) is 0 Å². The molecule has 0 aromatic heterocycles. The Kier molecular flexibility index (Phi) is 5.37. The van der Waals surface area contributed by atoms with Crippen molar-refractivity contribution in [3.8, 4) is 0 Å². The molecule has 1 heterocycles. The monoisotopic (exact) mass is 342 g/mol. The standard InChI is InChI=1S/C13H20ClOSe.ClH/c1-4-5-10-16(14)13-9-7-6-8-12(13)11(2)15(16)3;/h6-9,11H,4-5,10H2,1-3H3;1H/q+1;/p-1/t11-;/m0./s1. The molecule has 98 valence electrons. The number of rotatable bonds is 3. The first-order valence-corrected chi connectivity index (χ1v) is 10.9. The number of hydrogen-bond acceptors (Lipinski definition) is 0. The first kappa shape index (κ1) is 15.3. The maximum absolute atomic E-state index is 6.97. The topological polar surface area (TPSA) is 2.70 Å². The van der Waals surface area contributed by atoms with E-state index in [0.717, 1.165) is 5.32 Å². The second kappa shape index (κ2) is 5.95. The molecule has 0 bridgehead atoms. The van der Waals surface area contributed by atoms with Crippen molar-refractivity contribution >= 4 is 26.8 Å². The van der Waals surface area contributed by atoms with E-state index >= 15 is 0 Å². The molecule has 0 saturated heterocycles. The van der Waals surface area contributed by atoms with E-state index in [1.54, 1.807) is 0 Å². The van der Waals surface area contributed by atoms with Crippen molar-refractivity contribution in [3.05, 3.63) is 29.8 Å². The molecule has 1 aliphatic rings. The molecule has 2 atom stereocenters. The normalized spacial score (nSPS) is 31.4. The van der Waals surface area contributed by atoms with Crippen LogP contribution in [0.25, 0.3) is 0 Å². The van der Waals surface area contributed by atoms with Gasteiger partial charge in [-0.3, -0.25) is 0 Å². The Morgan fingerprint density at radius 1 is 1.35 bits per heavy atom. The maximum Gasteiger partial charge on any atom is -1.00 e. The molecule has 0 spiro atoms. The van der Waals surface area contributed by atoms with Crippen LogP contribution >= 0.6 is 10.1 Å². The van der Waals surface area contributed by atoms with Gasteiger partial charge >= 0.3 is 105 Å². The average molecular weight is 342 g/mol. The minimum atomic E-state index is -2.17. The van der Waals surface area contributed by atoms with Crippen molar-refractivity contribution in [1.29, 1.82) is 0 Å². The molecule has 2 rings (SSSR count). The summed E-state index contributed by atoms with van der Waals surface area (Å²) in [6.07, 6.45) is 2.85. The third kappa shape index (κ3) is 2.52. The fraction of sp³-hybridized carbons (Fsp3) is 0.538. The van der Waals surface area contributed by atoms with Crippen molar-refractivity contribution in [3.63, 3.8) is 0 Å². The predicted octanol–water partition coefficient (Wildman–Crippen LogP) is 0.635. The first-order valence-electron chi connectivity index (χ1n) is 5.86. The third-order valence-electron chi connectivity index (χ3n) is 3.36. The summed E-state index contributed by atoms with van der Waals surface area (Å²) >= 11 is -2.17. The molecule has 0 radical (unpaired) electrons. The van der Waals surface area contributed by atoms with Crippen LogP contribution in [0.1, 0.15) is 38.4 Å². The van der Waals surface area contributed by atoms with Gasteiger partial charge in [0.2, 0.25) is 0 Å². The Bertz CT molecular complexity index is 385. The zero-order valence-corrected chi connectivity index (χ0v) is 13.8. The van der Waals surface area contributed by atoms with Gasteiger partial charge in [0.1, 0.15) is 0 Å². The molecule has 0 saturated carbocycles. The van der Waals surface area contributed by atoms with Gasteiger partial charge in [-0.1, -0.05) is 0 Å². The minimum Gasteiger partial charge on any atom is -1.00 e. The Balaban J connectivity index is 0.00000144. The van der Waals surface area contributed by atoms with Crippen molar-refractivity contribution < 1.29 is 15.9 Å². The molecular weight excluding hydrogens is 322 g/mol. The largest absolute Gasteiger partial charge is 1.00 e. The van der Waals surface area contributed by atoms with Crippen molar-refractivity contribution in [2.24, 2.45) is 0 Å². The molecule has 1 unspecified atom stereocenters. The van der Waals surface area contributed by atoms with Crippen LogP contribution in [0, 0.1) is 0 Å². The molecule has 0 amide bonds. The van der Waals surface area contributed by atoms with Gasteiger partial charge in [0.25, 0.3) is 0 Å². The summed E-state index contributed by atoms with van der Waals surface area (Å²) in [6, 6.07) is 8.68. The van der Waals surface area contributed by atoms with Crippen molar-refractivity contribution in [2.75, 3.05) is 7.11 Å². The van der Waals surface area contributed by atoms with Crippen LogP contribution in [-0.4, -0.2) is 19.4 Å². The van der Waals surface area contributed by atoms with Gasteiger partial charge in [-0.25, -0.2) is 0 Å². The Morgan fingerprint density at radius 3 is 2.65 bits per heavy atom. The van der Waals surface area contributed by atoms with Crippen molar-refractivity contribution in [1.82, 2.24) is 0 Å². The number of halogens is 2. The van der Waals surface area contributed by atoms with E-state index in [-0.39, 0.29) is 12.4 Å². The van der Waals surface area contributed by atoms with Gasteiger partial charge in [-0.2, -0.15) is 0 Å². The molecule has 17 heavy (non-hydrogen) atoms. The Hall–Kier alpha value is 0.279. The van der Waals surface area contributed by atoms with Gasteiger partial charge in [-0.15, -0.1) is 0 Å². The summed E-state index contributed by atoms with van der Waals surface area (Å²) < 4.78 is 4.76. The summed E-state index contributed by atoms with van der Waals surface area (Å²) in [5, 5.41) is 1.15. The van der Waals surface area contributed by atoms with Crippen LogP contribution in [0.4, 0.5) is 0 Å². The van der Waals surface area contributed by atoms with E-state index in [4.69, 9.17) is 10.1 Å². The fourth-order valence-corrected chi connectivity index (χ4v) is 10.1. The second-order valence-electron chi connectivity index (χ2n) is 4.33. The van der Waals surface area contributed by atoms with Gasteiger partial charge in [-0.05, 0) is 0 Å². The molecule has 1 aromatic carbocycles. The number of benzene rings is 1. The van der Waals surface area contributed by atoms with Gasteiger partial charge in [0.05, 0.1) is 0 Å². The summed E-state index contributed by atoms with van der Waals surface area (Å²) in [4.78, 5) is 0. The molecule has 1 nitrogen and oxygen atoms in total. The van der Waals surface area contributed by atoms with Crippen LogP contribution < -0.4 is 16.9 Å². The molecule has 1 aromatic rings. The Labute approximate surface area is 117 Å². The fourth-order valence-electron chi connectivity index (χ4n) is 2.21. The third-order valence-corrected chi connectivity index (χ3v) is 12.3. The predicted molar refractivity (Wildman–Crippen MR) is 72.8 cm³/mol. The van der Waals surface area contributed by atoms with Gasteiger partial charge in [0.15, 0.2) is 0 Å². The molecule has 1 aliphatic heterocycles. The van der Waals surface area contributed by atoms with E-state index in [1.165, 1.54) is 22.9 Å². The summed E-state index contributed by atoms with van der Waals surface area (Å²) in [5.41, 5.74) is 1.42. The first-order chi connectivity index (χ1) is 7.61. The summed E-state index contributed by atoms with van der Waals surface area (Å²) in [6.45, 7) is 4.46. The van der Waals surface area contributed by atoms with Crippen LogP contribution in [0.5, 0.6) is 0 Å². The van der Waals surface area contributed by atoms with E-state index in [9.17, 15) is 0 Å². The van der Waals surface area contributed by atoms with Crippen LogP contribution in [0.3, 0.4) is 0 Å². The Morgan fingerprint density at radius 2 is 2.00 bits per heavy atom.